The Morgan fingerprint density at radius 1 is 0.853 bits per heavy atom. The zero-order valence-corrected chi connectivity index (χ0v) is 18.6. The van der Waals surface area contributed by atoms with Crippen LogP contribution in [0.5, 0.6) is 17.2 Å². The molecule has 0 fully saturated rings. The summed E-state index contributed by atoms with van der Waals surface area (Å²) in [5.74, 6) is -0.116. The van der Waals surface area contributed by atoms with E-state index >= 15 is 0 Å². The van der Waals surface area contributed by atoms with Gasteiger partial charge in [0.05, 0.1) is 32.5 Å². The van der Waals surface area contributed by atoms with Crippen molar-refractivity contribution >= 4 is 24.0 Å². The monoisotopic (exact) mass is 461 g/mol. The molecule has 0 atom stereocenters. The fourth-order valence-electron chi connectivity index (χ4n) is 2.82. The fraction of sp³-hybridized carbons (Fsp3) is 0.120. The van der Waals surface area contributed by atoms with Crippen molar-refractivity contribution in [2.45, 2.75) is 0 Å². The first-order valence-electron chi connectivity index (χ1n) is 10.2. The van der Waals surface area contributed by atoms with Crippen LogP contribution in [0.15, 0.2) is 77.9 Å². The van der Waals surface area contributed by atoms with Crippen LogP contribution < -0.4 is 25.0 Å². The molecule has 0 aliphatic heterocycles. The van der Waals surface area contributed by atoms with Crippen LogP contribution in [0.2, 0.25) is 0 Å². The second-order valence-electron chi connectivity index (χ2n) is 6.87. The standard InChI is InChI=1S/C25H23N3O6/c1-32-21-13-10-19(14-22(21)33-2)24(30)26-16-23(29)28-27-15-17-8-11-20(12-9-17)34-25(31)18-6-4-3-5-7-18/h3-15H,16H2,1-2H3,(H,26,30)(H,28,29). The number of hydrazone groups is 1. The highest BCUT2D eigenvalue weighted by Gasteiger charge is 2.12. The molecule has 0 aliphatic carbocycles. The van der Waals surface area contributed by atoms with Crippen molar-refractivity contribution in [2.75, 3.05) is 20.8 Å². The van der Waals surface area contributed by atoms with Crippen LogP contribution in [-0.2, 0) is 4.79 Å². The van der Waals surface area contributed by atoms with E-state index in [-0.39, 0.29) is 6.54 Å². The zero-order chi connectivity index (χ0) is 24.3. The Balaban J connectivity index is 1.45. The molecule has 0 saturated carbocycles. The average molecular weight is 461 g/mol. The molecule has 0 unspecified atom stereocenters. The molecule has 9 nitrogen and oxygen atoms in total. The molecule has 34 heavy (non-hydrogen) atoms. The average Bonchev–Trinajstić information content (AvgIpc) is 2.88. The van der Waals surface area contributed by atoms with Gasteiger partial charge in [-0.25, -0.2) is 10.2 Å². The molecule has 3 aromatic rings. The third-order valence-electron chi connectivity index (χ3n) is 4.56. The SMILES string of the molecule is COc1ccc(C(=O)NCC(=O)NN=Cc2ccc(OC(=O)c3ccccc3)cc2)cc1OC. The molecule has 0 aliphatic rings. The lowest BCUT2D eigenvalue weighted by Gasteiger charge is -2.09. The van der Waals surface area contributed by atoms with E-state index in [1.807, 2.05) is 6.07 Å². The Hall–Kier alpha value is -4.66. The number of methoxy groups -OCH3 is 2. The molecular weight excluding hydrogens is 438 g/mol. The molecule has 0 heterocycles. The fourth-order valence-corrected chi connectivity index (χ4v) is 2.82. The van der Waals surface area contributed by atoms with Crippen molar-refractivity contribution in [3.05, 3.63) is 89.5 Å². The van der Waals surface area contributed by atoms with E-state index in [1.54, 1.807) is 60.7 Å². The minimum atomic E-state index is -0.501. The van der Waals surface area contributed by atoms with Crippen LogP contribution in [0, 0.1) is 0 Å². The molecule has 0 bridgehead atoms. The van der Waals surface area contributed by atoms with Gasteiger partial charge in [0, 0.05) is 5.56 Å². The van der Waals surface area contributed by atoms with E-state index < -0.39 is 17.8 Å². The molecule has 2 amide bonds. The van der Waals surface area contributed by atoms with Crippen LogP contribution in [0.25, 0.3) is 0 Å². The first-order chi connectivity index (χ1) is 16.5. The molecule has 0 spiro atoms. The van der Waals surface area contributed by atoms with Crippen molar-refractivity contribution in [3.8, 4) is 17.2 Å². The van der Waals surface area contributed by atoms with Crippen molar-refractivity contribution in [3.63, 3.8) is 0 Å². The number of nitrogens with zero attached hydrogens (tertiary/aromatic N) is 1. The summed E-state index contributed by atoms with van der Waals surface area (Å²) in [6.07, 6.45) is 1.43. The topological polar surface area (TPSA) is 115 Å². The number of hydrogen-bond acceptors (Lipinski definition) is 7. The molecule has 0 aromatic heterocycles. The molecule has 174 valence electrons. The van der Waals surface area contributed by atoms with Gasteiger partial charge in [-0.15, -0.1) is 0 Å². The summed E-state index contributed by atoms with van der Waals surface area (Å²) in [7, 11) is 2.97. The highest BCUT2D eigenvalue weighted by Crippen LogP contribution is 2.27. The largest absolute Gasteiger partial charge is 0.493 e. The van der Waals surface area contributed by atoms with Crippen LogP contribution in [0.1, 0.15) is 26.3 Å². The normalized spacial score (nSPS) is 10.4. The number of hydrogen-bond donors (Lipinski definition) is 2. The number of carbonyl (C=O) groups is 3. The maximum atomic E-state index is 12.2. The number of carbonyl (C=O) groups excluding carboxylic acids is 3. The Labute approximate surface area is 196 Å². The van der Waals surface area contributed by atoms with Gasteiger partial charge in [-0.1, -0.05) is 18.2 Å². The maximum Gasteiger partial charge on any atom is 0.343 e. The van der Waals surface area contributed by atoms with Gasteiger partial charge >= 0.3 is 5.97 Å². The van der Waals surface area contributed by atoms with E-state index in [0.29, 0.717) is 33.9 Å². The first-order valence-corrected chi connectivity index (χ1v) is 10.2. The number of amides is 2. The summed E-state index contributed by atoms with van der Waals surface area (Å²) in [6, 6.07) is 20.0. The highest BCUT2D eigenvalue weighted by atomic mass is 16.5. The van der Waals surface area contributed by atoms with Crippen molar-refractivity contribution in [2.24, 2.45) is 5.10 Å². The van der Waals surface area contributed by atoms with Crippen LogP contribution >= 0.6 is 0 Å². The number of rotatable bonds is 9. The summed E-state index contributed by atoms with van der Waals surface area (Å²) in [5.41, 5.74) is 3.78. The number of ether oxygens (including phenoxy) is 3. The van der Waals surface area contributed by atoms with Crippen molar-refractivity contribution in [1.82, 2.24) is 10.7 Å². The highest BCUT2D eigenvalue weighted by molar-refractivity contribution is 5.97. The van der Waals surface area contributed by atoms with Crippen molar-refractivity contribution in [1.29, 1.82) is 0 Å². The number of benzene rings is 3. The van der Waals surface area contributed by atoms with E-state index in [4.69, 9.17) is 14.2 Å². The van der Waals surface area contributed by atoms with Crippen LogP contribution in [0.4, 0.5) is 0 Å². The minimum absolute atomic E-state index is 0.265. The second kappa shape index (κ2) is 11.8. The Morgan fingerprint density at radius 2 is 1.56 bits per heavy atom. The minimum Gasteiger partial charge on any atom is -0.493 e. The third-order valence-corrected chi connectivity index (χ3v) is 4.56. The molecule has 0 radical (unpaired) electrons. The molecule has 2 N–H and O–H groups in total. The van der Waals surface area contributed by atoms with Gasteiger partial charge in [-0.3, -0.25) is 9.59 Å². The molecular formula is C25H23N3O6. The second-order valence-corrected chi connectivity index (χ2v) is 6.87. The van der Waals surface area contributed by atoms with Gasteiger partial charge in [0.15, 0.2) is 11.5 Å². The van der Waals surface area contributed by atoms with Gasteiger partial charge in [0.2, 0.25) is 0 Å². The zero-order valence-electron chi connectivity index (χ0n) is 18.6. The molecule has 0 saturated heterocycles. The van der Waals surface area contributed by atoms with Gasteiger partial charge in [0.25, 0.3) is 11.8 Å². The summed E-state index contributed by atoms with van der Waals surface area (Å²) >= 11 is 0. The predicted molar refractivity (Wildman–Crippen MR) is 125 cm³/mol. The predicted octanol–water partition coefficient (Wildman–Crippen LogP) is 2.80. The Morgan fingerprint density at radius 3 is 2.24 bits per heavy atom. The lowest BCUT2D eigenvalue weighted by molar-refractivity contribution is -0.120. The number of nitrogens with one attached hydrogen (secondary N) is 2. The van der Waals surface area contributed by atoms with E-state index in [0.717, 1.165) is 0 Å². The van der Waals surface area contributed by atoms with Crippen molar-refractivity contribution < 1.29 is 28.6 Å². The summed E-state index contributed by atoms with van der Waals surface area (Å²) in [5, 5.41) is 6.37. The third kappa shape index (κ3) is 6.67. The lowest BCUT2D eigenvalue weighted by Crippen LogP contribution is -2.34. The maximum absolute atomic E-state index is 12.2. The molecule has 3 aromatic carbocycles. The first kappa shape index (κ1) is 24.0. The van der Waals surface area contributed by atoms with Crippen LogP contribution in [-0.4, -0.2) is 44.8 Å². The van der Waals surface area contributed by atoms with Gasteiger partial charge in [-0.05, 0) is 60.2 Å². The summed E-state index contributed by atoms with van der Waals surface area (Å²) in [6.45, 7) is -0.265. The van der Waals surface area contributed by atoms with E-state index in [2.05, 4.69) is 15.8 Å². The number of esters is 1. The Bertz CT molecular complexity index is 1180. The van der Waals surface area contributed by atoms with Gasteiger partial charge in [0.1, 0.15) is 5.75 Å². The van der Waals surface area contributed by atoms with Gasteiger partial charge < -0.3 is 19.5 Å². The summed E-state index contributed by atoms with van der Waals surface area (Å²) < 4.78 is 15.6. The molecule has 3 rings (SSSR count). The smallest absolute Gasteiger partial charge is 0.343 e. The Kier molecular flexibility index (Phi) is 8.34. The van der Waals surface area contributed by atoms with E-state index in [9.17, 15) is 14.4 Å². The summed E-state index contributed by atoms with van der Waals surface area (Å²) in [4.78, 5) is 36.3. The van der Waals surface area contributed by atoms with Crippen LogP contribution in [0.3, 0.4) is 0 Å². The van der Waals surface area contributed by atoms with E-state index in [1.165, 1.54) is 26.5 Å². The van der Waals surface area contributed by atoms with Gasteiger partial charge in [-0.2, -0.15) is 5.10 Å². The quantitative estimate of drug-likeness (QED) is 0.219. The molecule has 9 heteroatoms. The lowest BCUT2D eigenvalue weighted by atomic mass is 10.2.